The van der Waals surface area contributed by atoms with Gasteiger partial charge in [-0.05, 0) is 6.92 Å². The van der Waals surface area contributed by atoms with E-state index < -0.39 is 11.5 Å². The average Bonchev–Trinajstić information content (AvgIpc) is 2.57. The molecule has 1 unspecified atom stereocenters. The molecular weight excluding hydrogens is 260 g/mol. The van der Waals surface area contributed by atoms with Crippen molar-refractivity contribution >= 4 is 11.9 Å². The van der Waals surface area contributed by atoms with Crippen molar-refractivity contribution in [2.75, 3.05) is 13.1 Å². The number of aromatic nitrogens is 1. The van der Waals surface area contributed by atoms with E-state index in [2.05, 4.69) is 0 Å². The molecule has 0 saturated carbocycles. The summed E-state index contributed by atoms with van der Waals surface area (Å²) in [4.78, 5) is 37.4. The van der Waals surface area contributed by atoms with Crippen LogP contribution in [0, 0.1) is 6.92 Å². The van der Waals surface area contributed by atoms with Crippen LogP contribution in [0.2, 0.25) is 0 Å². The molecule has 6 heteroatoms. The number of carbonyl (C=O) groups is 2. The highest BCUT2D eigenvalue weighted by Crippen LogP contribution is 2.33. The summed E-state index contributed by atoms with van der Waals surface area (Å²) in [6.07, 6.45) is 3.87. The van der Waals surface area contributed by atoms with E-state index in [-0.39, 0.29) is 23.6 Å². The topological polar surface area (TPSA) is 79.6 Å². The van der Waals surface area contributed by atoms with Gasteiger partial charge in [-0.1, -0.05) is 12.2 Å². The first-order valence-electron chi connectivity index (χ1n) is 6.37. The van der Waals surface area contributed by atoms with E-state index >= 15 is 0 Å². The molecule has 2 aliphatic rings. The molecule has 1 aromatic heterocycles. The predicted octanol–water partition coefficient (Wildman–Crippen LogP) is 0.352. The minimum atomic E-state index is -1.23. The van der Waals surface area contributed by atoms with Crippen molar-refractivity contribution in [1.82, 2.24) is 9.47 Å². The van der Waals surface area contributed by atoms with Crippen LogP contribution in [-0.2, 0) is 10.3 Å². The number of carboxylic acids is 1. The molecule has 104 valence electrons. The Balaban J connectivity index is 2.38. The fraction of sp³-hybridized carbons (Fsp3) is 0.357. The van der Waals surface area contributed by atoms with Gasteiger partial charge in [0.05, 0.1) is 6.54 Å². The summed E-state index contributed by atoms with van der Waals surface area (Å²) in [7, 11) is 0. The third-order valence-corrected chi connectivity index (χ3v) is 3.96. The van der Waals surface area contributed by atoms with Gasteiger partial charge in [0.15, 0.2) is 11.0 Å². The number of nitrogens with zero attached hydrogens (tertiary/aromatic N) is 2. The number of hydrogen-bond acceptors (Lipinski definition) is 3. The number of carboxylic acid groups (broad SMARTS) is 1. The van der Waals surface area contributed by atoms with E-state index in [0.717, 1.165) is 0 Å². The van der Waals surface area contributed by atoms with Crippen LogP contribution in [0.3, 0.4) is 0 Å². The Morgan fingerprint density at radius 3 is 2.75 bits per heavy atom. The summed E-state index contributed by atoms with van der Waals surface area (Å²) in [5.74, 6) is -1.29. The summed E-state index contributed by atoms with van der Waals surface area (Å²) in [6.45, 7) is 2.15. The second-order valence-electron chi connectivity index (χ2n) is 5.25. The molecule has 1 atom stereocenters. The van der Waals surface area contributed by atoms with Crippen LogP contribution in [-0.4, -0.2) is 39.5 Å². The van der Waals surface area contributed by atoms with Crippen molar-refractivity contribution < 1.29 is 14.7 Å². The Kier molecular flexibility index (Phi) is 2.57. The van der Waals surface area contributed by atoms with E-state index in [0.29, 0.717) is 18.7 Å². The highest BCUT2D eigenvalue weighted by Gasteiger charge is 2.48. The molecule has 6 nitrogen and oxygen atoms in total. The van der Waals surface area contributed by atoms with E-state index in [9.17, 15) is 19.5 Å². The van der Waals surface area contributed by atoms with Gasteiger partial charge < -0.3 is 14.6 Å². The Hall–Kier alpha value is -2.37. The summed E-state index contributed by atoms with van der Waals surface area (Å²) in [5, 5.41) is 9.72. The molecule has 3 rings (SSSR count). The van der Waals surface area contributed by atoms with Crippen molar-refractivity contribution in [1.29, 1.82) is 0 Å². The SMILES string of the molecule is Cc1cc(=O)cc2n1C1(C(=O)O)CC=CCN(C1)C2=O. The Bertz CT molecular complexity index is 704. The third kappa shape index (κ3) is 1.54. The van der Waals surface area contributed by atoms with E-state index in [1.54, 1.807) is 19.1 Å². The number of allylic oxidation sites excluding steroid dienone is 1. The maximum atomic E-state index is 12.4. The van der Waals surface area contributed by atoms with E-state index in [4.69, 9.17) is 0 Å². The number of aliphatic carboxylic acids is 1. The predicted molar refractivity (Wildman–Crippen MR) is 70.7 cm³/mol. The van der Waals surface area contributed by atoms with E-state index in [1.807, 2.05) is 0 Å². The normalized spacial score (nSPS) is 24.2. The number of pyridine rings is 1. The lowest BCUT2D eigenvalue weighted by molar-refractivity contribution is -0.148. The first-order valence-corrected chi connectivity index (χ1v) is 6.37. The molecule has 1 N–H and O–H groups in total. The average molecular weight is 274 g/mol. The molecule has 2 bridgehead atoms. The zero-order valence-corrected chi connectivity index (χ0v) is 11.0. The smallest absolute Gasteiger partial charge is 0.332 e. The largest absolute Gasteiger partial charge is 0.479 e. The monoisotopic (exact) mass is 274 g/mol. The highest BCUT2D eigenvalue weighted by molar-refractivity contribution is 5.96. The lowest BCUT2D eigenvalue weighted by Crippen LogP contribution is -2.58. The minimum Gasteiger partial charge on any atom is -0.479 e. The van der Waals surface area contributed by atoms with Crippen molar-refractivity contribution in [2.45, 2.75) is 18.9 Å². The minimum absolute atomic E-state index is 0.116. The molecular formula is C14H14N2O4. The maximum absolute atomic E-state index is 12.4. The molecule has 2 aliphatic heterocycles. The Labute approximate surface area is 114 Å². The quantitative estimate of drug-likeness (QED) is 0.749. The van der Waals surface area contributed by atoms with Crippen LogP contribution >= 0.6 is 0 Å². The molecule has 0 spiro atoms. The molecule has 0 radical (unpaired) electrons. The fourth-order valence-corrected chi connectivity index (χ4v) is 3.08. The van der Waals surface area contributed by atoms with Crippen LogP contribution in [0.4, 0.5) is 0 Å². The van der Waals surface area contributed by atoms with E-state index in [1.165, 1.54) is 21.6 Å². The van der Waals surface area contributed by atoms with Crippen LogP contribution in [0.25, 0.3) is 0 Å². The van der Waals surface area contributed by atoms with Gasteiger partial charge in [0.25, 0.3) is 5.91 Å². The van der Waals surface area contributed by atoms with Gasteiger partial charge in [-0.2, -0.15) is 0 Å². The van der Waals surface area contributed by atoms with Gasteiger partial charge in [0.1, 0.15) is 5.69 Å². The standard InChI is InChI=1S/C14H14N2O4/c1-9-6-10(17)7-11-12(18)15-5-3-2-4-14(8-15,13(19)20)16(9)11/h2-3,6-7H,4-5,8H2,1H3,(H,19,20). The van der Waals surface area contributed by atoms with Gasteiger partial charge in [0.2, 0.25) is 0 Å². The molecule has 1 amide bonds. The molecule has 3 heterocycles. The molecule has 20 heavy (non-hydrogen) atoms. The molecule has 0 aromatic carbocycles. The summed E-state index contributed by atoms with van der Waals surface area (Å²) in [6, 6.07) is 2.59. The zero-order chi connectivity index (χ0) is 14.5. The number of fused-ring (bicyclic) bond motifs is 4. The van der Waals surface area contributed by atoms with Crippen LogP contribution in [0.15, 0.2) is 29.1 Å². The van der Waals surface area contributed by atoms with Gasteiger partial charge >= 0.3 is 5.97 Å². The van der Waals surface area contributed by atoms with Crippen molar-refractivity contribution in [3.8, 4) is 0 Å². The number of hydrogen-bond donors (Lipinski definition) is 1. The van der Waals surface area contributed by atoms with Crippen molar-refractivity contribution in [3.63, 3.8) is 0 Å². The molecule has 0 fully saturated rings. The van der Waals surface area contributed by atoms with Crippen LogP contribution < -0.4 is 5.43 Å². The van der Waals surface area contributed by atoms with Crippen molar-refractivity contribution in [3.05, 3.63) is 45.9 Å². The van der Waals surface area contributed by atoms with Gasteiger partial charge in [-0.15, -0.1) is 0 Å². The first-order chi connectivity index (χ1) is 9.45. The fourth-order valence-electron chi connectivity index (χ4n) is 3.08. The zero-order valence-electron chi connectivity index (χ0n) is 11.0. The van der Waals surface area contributed by atoms with Crippen molar-refractivity contribution in [2.24, 2.45) is 0 Å². The van der Waals surface area contributed by atoms with Crippen LogP contribution in [0.5, 0.6) is 0 Å². The second-order valence-corrected chi connectivity index (χ2v) is 5.25. The van der Waals surface area contributed by atoms with Gasteiger partial charge in [-0.3, -0.25) is 9.59 Å². The Morgan fingerprint density at radius 1 is 1.30 bits per heavy atom. The molecule has 0 aliphatic carbocycles. The highest BCUT2D eigenvalue weighted by atomic mass is 16.4. The summed E-state index contributed by atoms with van der Waals surface area (Å²) < 4.78 is 1.51. The van der Waals surface area contributed by atoms with Gasteiger partial charge in [0, 0.05) is 30.8 Å². The lowest BCUT2D eigenvalue weighted by atomic mass is 9.90. The second kappa shape index (κ2) is 4.06. The molecule has 0 saturated heterocycles. The maximum Gasteiger partial charge on any atom is 0.332 e. The number of rotatable bonds is 1. The Morgan fingerprint density at radius 2 is 2.05 bits per heavy atom. The third-order valence-electron chi connectivity index (χ3n) is 3.96. The summed E-state index contributed by atoms with van der Waals surface area (Å²) >= 11 is 0. The first kappa shape index (κ1) is 12.7. The lowest BCUT2D eigenvalue weighted by Gasteiger charge is -2.42. The number of amides is 1. The van der Waals surface area contributed by atoms with Gasteiger partial charge in [-0.25, -0.2) is 4.79 Å². The molecule has 1 aromatic rings. The number of aryl methyl sites for hydroxylation is 1. The van der Waals surface area contributed by atoms with Crippen LogP contribution in [0.1, 0.15) is 22.6 Å². The summed E-state index contributed by atoms with van der Waals surface area (Å²) in [5.41, 5.74) is -0.852. The number of carbonyl (C=O) groups excluding carboxylic acids is 1.